The lowest BCUT2D eigenvalue weighted by Gasteiger charge is -2.23. The number of dihydropyridines is 1. The van der Waals surface area contributed by atoms with Crippen LogP contribution in [0.1, 0.15) is 12.0 Å². The topological polar surface area (TPSA) is 79.9 Å². The van der Waals surface area contributed by atoms with Gasteiger partial charge in [-0.25, -0.2) is 9.07 Å². The largest absolute Gasteiger partial charge is 0.495 e. The van der Waals surface area contributed by atoms with E-state index >= 15 is 0 Å². The molecule has 3 heterocycles. The number of fused-ring (bicyclic) bond motifs is 2. The van der Waals surface area contributed by atoms with E-state index in [-0.39, 0.29) is 30.6 Å². The van der Waals surface area contributed by atoms with E-state index in [9.17, 15) is 9.18 Å². The van der Waals surface area contributed by atoms with Crippen molar-refractivity contribution < 1.29 is 18.6 Å². The van der Waals surface area contributed by atoms with Crippen LogP contribution >= 0.6 is 0 Å². The van der Waals surface area contributed by atoms with Gasteiger partial charge in [-0.05, 0) is 55.0 Å². The third kappa shape index (κ3) is 4.87. The number of hydrogen-bond donors (Lipinski definition) is 0. The van der Waals surface area contributed by atoms with Gasteiger partial charge in [-0.3, -0.25) is 14.4 Å². The van der Waals surface area contributed by atoms with Crippen molar-refractivity contribution in [2.24, 2.45) is 4.99 Å². The fraction of sp³-hybridized carbons (Fsp3) is 0.296. The summed E-state index contributed by atoms with van der Waals surface area (Å²) in [6.07, 6.45) is 10.1. The molecule has 1 aliphatic heterocycles. The van der Waals surface area contributed by atoms with E-state index in [4.69, 9.17) is 14.2 Å². The predicted octanol–water partition coefficient (Wildman–Crippen LogP) is 3.87. The third-order valence-corrected chi connectivity index (χ3v) is 6.13. The lowest BCUT2D eigenvalue weighted by molar-refractivity contribution is 0.114. The summed E-state index contributed by atoms with van der Waals surface area (Å²) in [4.78, 5) is 17.0. The van der Waals surface area contributed by atoms with Crippen LogP contribution in [0.25, 0.3) is 16.7 Å². The van der Waals surface area contributed by atoms with Crippen molar-refractivity contribution in [3.63, 3.8) is 0 Å². The first-order valence-electron chi connectivity index (χ1n) is 11.8. The molecule has 0 amide bonds. The number of allylic oxidation sites excluding steroid dienone is 2. The molecule has 3 aromatic rings. The van der Waals surface area contributed by atoms with Crippen LogP contribution in [0, 0.1) is 12.7 Å². The molecule has 8 nitrogen and oxygen atoms in total. The molecule has 0 spiro atoms. The highest BCUT2D eigenvalue weighted by atomic mass is 19.1. The zero-order chi connectivity index (χ0) is 25.1. The summed E-state index contributed by atoms with van der Waals surface area (Å²) in [7, 11) is 1.63. The van der Waals surface area contributed by atoms with Crippen molar-refractivity contribution in [3.8, 4) is 5.82 Å². The molecule has 0 N–H and O–H groups in total. The molecule has 9 heteroatoms. The van der Waals surface area contributed by atoms with Crippen LogP contribution in [0.15, 0.2) is 81.6 Å². The maximum Gasteiger partial charge on any atom is 0.266 e. The van der Waals surface area contributed by atoms with Crippen molar-refractivity contribution in [2.45, 2.75) is 25.9 Å². The molecular weight excluding hydrogens is 463 g/mol. The van der Waals surface area contributed by atoms with Crippen molar-refractivity contribution in [2.75, 3.05) is 26.9 Å². The maximum absolute atomic E-state index is 13.9. The lowest BCUT2D eigenvalue weighted by Crippen LogP contribution is -2.26. The minimum atomic E-state index is -0.326. The highest BCUT2D eigenvalue weighted by molar-refractivity contribution is 5.85. The van der Waals surface area contributed by atoms with Gasteiger partial charge in [0.1, 0.15) is 30.5 Å². The highest BCUT2D eigenvalue weighted by Crippen LogP contribution is 2.28. The summed E-state index contributed by atoms with van der Waals surface area (Å²) in [6, 6.07) is 7.60. The molecule has 1 aromatic carbocycles. The quantitative estimate of drug-likeness (QED) is 0.426. The second-order valence-corrected chi connectivity index (χ2v) is 8.55. The molecule has 1 aliphatic carbocycles. The SMILES string of the molecule is COCCOC1=CC2N=CCC(OCCn3nc(-n4cc(C)c5ccc(F)cc54)ccc3=O)=C2C=C1. The third-order valence-electron chi connectivity index (χ3n) is 6.13. The van der Waals surface area contributed by atoms with Crippen molar-refractivity contribution in [1.82, 2.24) is 14.3 Å². The second-order valence-electron chi connectivity index (χ2n) is 8.55. The van der Waals surface area contributed by atoms with Crippen LogP contribution in [0.4, 0.5) is 4.39 Å². The van der Waals surface area contributed by atoms with Crippen LogP contribution < -0.4 is 5.56 Å². The number of rotatable bonds is 9. The predicted molar refractivity (Wildman–Crippen MR) is 135 cm³/mol. The summed E-state index contributed by atoms with van der Waals surface area (Å²) >= 11 is 0. The molecule has 2 aliphatic rings. The molecule has 5 rings (SSSR count). The maximum atomic E-state index is 13.9. The molecule has 0 radical (unpaired) electrons. The molecule has 36 heavy (non-hydrogen) atoms. The van der Waals surface area contributed by atoms with Gasteiger partial charge in [-0.1, -0.05) is 0 Å². The van der Waals surface area contributed by atoms with Gasteiger partial charge < -0.3 is 14.2 Å². The van der Waals surface area contributed by atoms with E-state index in [1.165, 1.54) is 22.9 Å². The first-order valence-corrected chi connectivity index (χ1v) is 11.8. The molecule has 1 unspecified atom stereocenters. The molecule has 186 valence electrons. The Morgan fingerprint density at radius 3 is 2.86 bits per heavy atom. The van der Waals surface area contributed by atoms with Gasteiger partial charge in [0.2, 0.25) is 0 Å². The molecule has 0 fully saturated rings. The van der Waals surface area contributed by atoms with Gasteiger partial charge in [0, 0.05) is 43.0 Å². The summed E-state index contributed by atoms with van der Waals surface area (Å²) in [5.41, 5.74) is 2.43. The number of hydrogen-bond acceptors (Lipinski definition) is 6. The van der Waals surface area contributed by atoms with Crippen LogP contribution in [0.3, 0.4) is 0 Å². The van der Waals surface area contributed by atoms with Crippen LogP contribution in [0.5, 0.6) is 0 Å². The number of aryl methyl sites for hydroxylation is 1. The molecule has 0 bridgehead atoms. The summed E-state index contributed by atoms with van der Waals surface area (Å²) in [6.45, 7) is 3.48. The number of methoxy groups -OCH3 is 1. The standard InChI is InChI=1S/C27H27FN4O4/c1-18-17-31(24-15-19(28)3-5-21(18)24)26-7-8-27(33)32(30-26)11-12-36-25-9-10-29-23-16-20(4-6-22(23)25)35-14-13-34-2/h3-8,10,15-17,23H,9,11-14H2,1-2H3. The molecule has 0 saturated carbocycles. The minimum absolute atomic E-state index is 0.161. The zero-order valence-corrected chi connectivity index (χ0v) is 20.2. The Morgan fingerprint density at radius 1 is 1.11 bits per heavy atom. The number of benzene rings is 1. The number of aliphatic imine (C=N–C) groups is 1. The summed E-state index contributed by atoms with van der Waals surface area (Å²) < 4.78 is 33.8. The minimum Gasteiger partial charge on any atom is -0.495 e. The molecule has 0 saturated heterocycles. The zero-order valence-electron chi connectivity index (χ0n) is 20.2. The number of aromatic nitrogens is 3. The fourth-order valence-electron chi connectivity index (χ4n) is 4.34. The van der Waals surface area contributed by atoms with Crippen LogP contribution in [0.2, 0.25) is 0 Å². The van der Waals surface area contributed by atoms with E-state index < -0.39 is 0 Å². The Bertz CT molecular complexity index is 1460. The van der Waals surface area contributed by atoms with E-state index in [0.717, 1.165) is 28.0 Å². The Balaban J connectivity index is 1.30. The number of nitrogens with zero attached hydrogens (tertiary/aromatic N) is 4. The normalized spacial score (nSPS) is 16.9. The van der Waals surface area contributed by atoms with Crippen molar-refractivity contribution >= 4 is 17.1 Å². The Labute approximate surface area is 207 Å². The van der Waals surface area contributed by atoms with Gasteiger partial charge in [0.25, 0.3) is 5.56 Å². The lowest BCUT2D eigenvalue weighted by atomic mass is 9.97. The smallest absolute Gasteiger partial charge is 0.266 e. The van der Waals surface area contributed by atoms with E-state index in [0.29, 0.717) is 31.0 Å². The van der Waals surface area contributed by atoms with Gasteiger partial charge in [0.05, 0.1) is 24.7 Å². The average Bonchev–Trinajstić information content (AvgIpc) is 3.20. The van der Waals surface area contributed by atoms with Crippen LogP contribution in [-0.4, -0.2) is 53.5 Å². The average molecular weight is 491 g/mol. The monoisotopic (exact) mass is 490 g/mol. The van der Waals surface area contributed by atoms with Crippen molar-refractivity contribution in [3.05, 3.63) is 93.6 Å². The van der Waals surface area contributed by atoms with Gasteiger partial charge in [-0.2, -0.15) is 5.10 Å². The fourth-order valence-corrected chi connectivity index (χ4v) is 4.34. The van der Waals surface area contributed by atoms with Crippen LogP contribution in [-0.2, 0) is 20.8 Å². The second kappa shape index (κ2) is 10.3. The van der Waals surface area contributed by atoms with E-state index in [1.54, 1.807) is 23.8 Å². The number of halogens is 1. The Kier molecular flexibility index (Phi) is 6.81. The summed E-state index contributed by atoms with van der Waals surface area (Å²) in [5.74, 6) is 1.77. The van der Waals surface area contributed by atoms with Crippen molar-refractivity contribution in [1.29, 1.82) is 0 Å². The molecular formula is C27H27FN4O4. The van der Waals surface area contributed by atoms with E-state index in [2.05, 4.69) is 10.1 Å². The Morgan fingerprint density at radius 2 is 2.00 bits per heavy atom. The van der Waals surface area contributed by atoms with Gasteiger partial charge in [0.15, 0.2) is 5.82 Å². The number of ether oxygens (including phenoxy) is 3. The molecule has 1 atom stereocenters. The first-order chi connectivity index (χ1) is 17.5. The first kappa shape index (κ1) is 23.7. The van der Waals surface area contributed by atoms with E-state index in [1.807, 2.05) is 37.6 Å². The highest BCUT2D eigenvalue weighted by Gasteiger charge is 2.22. The molecule has 2 aromatic heterocycles. The summed E-state index contributed by atoms with van der Waals surface area (Å²) in [5, 5.41) is 5.45. The Hall–Kier alpha value is -3.98. The van der Waals surface area contributed by atoms with Gasteiger partial charge >= 0.3 is 0 Å². The van der Waals surface area contributed by atoms with Gasteiger partial charge in [-0.15, -0.1) is 0 Å².